The molecule has 0 aromatic heterocycles. The number of benzene rings is 2. The third-order valence-electron chi connectivity index (χ3n) is 3.26. The Balaban J connectivity index is 2.11. The van der Waals surface area contributed by atoms with Gasteiger partial charge >= 0.3 is 0 Å². The van der Waals surface area contributed by atoms with Gasteiger partial charge in [-0.2, -0.15) is 5.26 Å². The van der Waals surface area contributed by atoms with Crippen molar-refractivity contribution >= 4 is 5.69 Å². The molecule has 0 fully saturated rings. The molecular formula is C17H18N2. The summed E-state index contributed by atoms with van der Waals surface area (Å²) in [5.41, 5.74) is 4.41. The zero-order valence-electron chi connectivity index (χ0n) is 11.4. The van der Waals surface area contributed by atoms with E-state index in [0.717, 1.165) is 18.5 Å². The molecule has 2 nitrogen and oxygen atoms in total. The number of nitriles is 1. The van der Waals surface area contributed by atoms with Gasteiger partial charge in [0.2, 0.25) is 0 Å². The Bertz CT molecular complexity index is 579. The zero-order valence-corrected chi connectivity index (χ0v) is 11.4. The van der Waals surface area contributed by atoms with Crippen molar-refractivity contribution in [2.45, 2.75) is 19.9 Å². The molecule has 0 aliphatic rings. The van der Waals surface area contributed by atoms with Crippen LogP contribution in [0.1, 0.15) is 23.6 Å². The lowest BCUT2D eigenvalue weighted by Crippen LogP contribution is -2.16. The highest BCUT2D eigenvalue weighted by Crippen LogP contribution is 2.17. The van der Waals surface area contributed by atoms with Crippen LogP contribution in [0.3, 0.4) is 0 Å². The highest BCUT2D eigenvalue weighted by Gasteiger charge is 2.03. The standard InChI is InChI=1S/C17H18N2/c1-3-14-7-9-17(10-8-14)19(2)13-16-6-4-5-15(11-16)12-18/h4-11H,3,13H2,1-2H3. The summed E-state index contributed by atoms with van der Waals surface area (Å²) >= 11 is 0. The Kier molecular flexibility index (Phi) is 4.20. The average molecular weight is 250 g/mol. The van der Waals surface area contributed by atoms with E-state index in [9.17, 15) is 0 Å². The maximum atomic E-state index is 8.91. The van der Waals surface area contributed by atoms with Gasteiger partial charge in [-0.25, -0.2) is 0 Å². The van der Waals surface area contributed by atoms with Crippen LogP contribution in [-0.2, 0) is 13.0 Å². The van der Waals surface area contributed by atoms with E-state index in [1.165, 1.54) is 11.3 Å². The minimum absolute atomic E-state index is 0.715. The van der Waals surface area contributed by atoms with E-state index in [0.29, 0.717) is 5.56 Å². The fraction of sp³-hybridized carbons (Fsp3) is 0.235. The molecule has 0 bridgehead atoms. The number of anilines is 1. The molecule has 0 aliphatic heterocycles. The minimum Gasteiger partial charge on any atom is -0.370 e. The first-order valence-electron chi connectivity index (χ1n) is 6.52. The molecule has 0 N–H and O–H groups in total. The molecule has 0 spiro atoms. The summed E-state index contributed by atoms with van der Waals surface area (Å²) in [4.78, 5) is 2.19. The molecule has 0 radical (unpaired) electrons. The molecule has 0 saturated heterocycles. The van der Waals surface area contributed by atoms with Gasteiger partial charge in [0.1, 0.15) is 0 Å². The lowest BCUT2D eigenvalue weighted by molar-refractivity contribution is 0.921. The summed E-state index contributed by atoms with van der Waals surface area (Å²) in [5, 5.41) is 8.91. The number of aryl methyl sites for hydroxylation is 1. The van der Waals surface area contributed by atoms with Crippen LogP contribution in [0.4, 0.5) is 5.69 Å². The first-order valence-corrected chi connectivity index (χ1v) is 6.52. The maximum absolute atomic E-state index is 8.91. The zero-order chi connectivity index (χ0) is 13.7. The molecular weight excluding hydrogens is 232 g/mol. The summed E-state index contributed by atoms with van der Waals surface area (Å²) in [6.45, 7) is 2.97. The Morgan fingerprint density at radius 1 is 1.05 bits per heavy atom. The van der Waals surface area contributed by atoms with E-state index in [1.807, 2.05) is 18.2 Å². The van der Waals surface area contributed by atoms with Gasteiger partial charge in [0.25, 0.3) is 0 Å². The van der Waals surface area contributed by atoms with Gasteiger partial charge in [-0.1, -0.05) is 31.2 Å². The first-order chi connectivity index (χ1) is 9.22. The van der Waals surface area contributed by atoms with Crippen molar-refractivity contribution in [2.24, 2.45) is 0 Å². The highest BCUT2D eigenvalue weighted by atomic mass is 15.1. The van der Waals surface area contributed by atoms with Gasteiger partial charge < -0.3 is 4.90 Å². The summed E-state index contributed by atoms with van der Waals surface area (Å²) in [5.74, 6) is 0. The largest absolute Gasteiger partial charge is 0.370 e. The van der Waals surface area contributed by atoms with E-state index >= 15 is 0 Å². The quantitative estimate of drug-likeness (QED) is 0.826. The predicted molar refractivity (Wildman–Crippen MR) is 79.1 cm³/mol. The Morgan fingerprint density at radius 3 is 2.42 bits per heavy atom. The number of nitrogens with zero attached hydrogens (tertiary/aromatic N) is 2. The lowest BCUT2D eigenvalue weighted by atomic mass is 10.1. The van der Waals surface area contributed by atoms with E-state index in [4.69, 9.17) is 5.26 Å². The smallest absolute Gasteiger partial charge is 0.0991 e. The van der Waals surface area contributed by atoms with Gasteiger partial charge in [-0.15, -0.1) is 0 Å². The predicted octanol–water partition coefficient (Wildman–Crippen LogP) is 3.76. The van der Waals surface area contributed by atoms with Gasteiger partial charge in [0, 0.05) is 19.3 Å². The highest BCUT2D eigenvalue weighted by molar-refractivity contribution is 5.48. The Labute approximate surface area is 114 Å². The van der Waals surface area contributed by atoms with Crippen LogP contribution in [0.15, 0.2) is 48.5 Å². The maximum Gasteiger partial charge on any atom is 0.0991 e. The van der Waals surface area contributed by atoms with Crippen LogP contribution in [0.25, 0.3) is 0 Å². The SMILES string of the molecule is CCc1ccc(N(C)Cc2cccc(C#N)c2)cc1. The second kappa shape index (κ2) is 6.06. The van der Waals surface area contributed by atoms with E-state index in [2.05, 4.69) is 55.3 Å². The minimum atomic E-state index is 0.715. The van der Waals surface area contributed by atoms with Crippen molar-refractivity contribution in [3.05, 3.63) is 65.2 Å². The van der Waals surface area contributed by atoms with Gasteiger partial charge in [0.15, 0.2) is 0 Å². The normalized spacial score (nSPS) is 9.95. The van der Waals surface area contributed by atoms with Crippen molar-refractivity contribution < 1.29 is 0 Å². The van der Waals surface area contributed by atoms with E-state index in [-0.39, 0.29) is 0 Å². The average Bonchev–Trinajstić information content (AvgIpc) is 2.47. The summed E-state index contributed by atoms with van der Waals surface area (Å²) < 4.78 is 0. The molecule has 0 heterocycles. The first kappa shape index (κ1) is 13.2. The van der Waals surface area contributed by atoms with Crippen LogP contribution in [0, 0.1) is 11.3 Å². The molecule has 2 aromatic rings. The number of rotatable bonds is 4. The molecule has 0 aliphatic carbocycles. The lowest BCUT2D eigenvalue weighted by Gasteiger charge is -2.19. The van der Waals surface area contributed by atoms with Gasteiger partial charge in [-0.05, 0) is 41.8 Å². The van der Waals surface area contributed by atoms with Crippen LogP contribution in [0.5, 0.6) is 0 Å². The van der Waals surface area contributed by atoms with Gasteiger partial charge in [0.05, 0.1) is 11.6 Å². The van der Waals surface area contributed by atoms with Crippen molar-refractivity contribution in [3.63, 3.8) is 0 Å². The third-order valence-corrected chi connectivity index (χ3v) is 3.26. The van der Waals surface area contributed by atoms with Crippen LogP contribution in [0.2, 0.25) is 0 Å². The summed E-state index contributed by atoms with van der Waals surface area (Å²) in [6, 6.07) is 18.6. The molecule has 19 heavy (non-hydrogen) atoms. The second-order valence-corrected chi connectivity index (χ2v) is 4.69. The molecule has 0 saturated carbocycles. The Morgan fingerprint density at radius 2 is 1.79 bits per heavy atom. The number of hydrogen-bond donors (Lipinski definition) is 0. The Hall–Kier alpha value is -2.27. The topological polar surface area (TPSA) is 27.0 Å². The molecule has 0 atom stereocenters. The van der Waals surface area contributed by atoms with Crippen molar-refractivity contribution in [3.8, 4) is 6.07 Å². The second-order valence-electron chi connectivity index (χ2n) is 4.69. The van der Waals surface area contributed by atoms with Crippen molar-refractivity contribution in [1.82, 2.24) is 0 Å². The van der Waals surface area contributed by atoms with E-state index in [1.54, 1.807) is 0 Å². The molecule has 0 unspecified atom stereocenters. The van der Waals surface area contributed by atoms with Crippen LogP contribution < -0.4 is 4.90 Å². The van der Waals surface area contributed by atoms with Gasteiger partial charge in [-0.3, -0.25) is 0 Å². The molecule has 96 valence electrons. The molecule has 0 amide bonds. The van der Waals surface area contributed by atoms with Crippen molar-refractivity contribution in [2.75, 3.05) is 11.9 Å². The summed E-state index contributed by atoms with van der Waals surface area (Å²) in [6.07, 6.45) is 1.06. The van der Waals surface area contributed by atoms with E-state index < -0.39 is 0 Å². The molecule has 2 rings (SSSR count). The monoisotopic (exact) mass is 250 g/mol. The van der Waals surface area contributed by atoms with Crippen molar-refractivity contribution in [1.29, 1.82) is 5.26 Å². The van der Waals surface area contributed by atoms with Crippen LogP contribution in [-0.4, -0.2) is 7.05 Å². The molecule has 2 aromatic carbocycles. The fourth-order valence-corrected chi connectivity index (χ4v) is 2.09. The summed E-state index contributed by atoms with van der Waals surface area (Å²) in [7, 11) is 2.07. The van der Waals surface area contributed by atoms with Crippen LogP contribution >= 0.6 is 0 Å². The fourth-order valence-electron chi connectivity index (χ4n) is 2.09. The number of hydrogen-bond acceptors (Lipinski definition) is 2. The molecule has 2 heteroatoms. The third kappa shape index (κ3) is 3.35.